The number of amides is 1. The Hall–Kier alpha value is -3.94. The molecule has 8 heteroatoms. The number of aliphatic carboxylic acids is 1. The number of methoxy groups -OCH3 is 3. The molecular formula is C23H24N2O6. The number of carbonyl (C=O) groups excluding carboxylic acids is 1. The van der Waals surface area contributed by atoms with Crippen molar-refractivity contribution in [3.63, 3.8) is 0 Å². The number of rotatable bonds is 9. The first-order valence-corrected chi connectivity index (χ1v) is 9.53. The molecule has 0 bridgehead atoms. The number of ether oxygens (including phenoxy) is 3. The molecule has 0 saturated heterocycles. The minimum absolute atomic E-state index is 0.156. The Labute approximate surface area is 179 Å². The van der Waals surface area contributed by atoms with Gasteiger partial charge in [-0.15, -0.1) is 0 Å². The Morgan fingerprint density at radius 1 is 1.10 bits per heavy atom. The van der Waals surface area contributed by atoms with Gasteiger partial charge >= 0.3 is 5.97 Å². The number of carboxylic acid groups (broad SMARTS) is 1. The maximum atomic E-state index is 12.4. The van der Waals surface area contributed by atoms with E-state index in [2.05, 4.69) is 10.3 Å². The number of carboxylic acids is 1. The van der Waals surface area contributed by atoms with Crippen molar-refractivity contribution in [3.05, 3.63) is 59.8 Å². The molecule has 2 aromatic carbocycles. The van der Waals surface area contributed by atoms with E-state index in [4.69, 9.17) is 14.2 Å². The minimum atomic E-state index is -1.11. The molecular weight excluding hydrogens is 400 g/mol. The summed E-state index contributed by atoms with van der Waals surface area (Å²) in [5.74, 6) is -0.300. The number of hydrogen-bond donors (Lipinski definition) is 3. The fourth-order valence-corrected chi connectivity index (χ4v) is 3.31. The highest BCUT2D eigenvalue weighted by atomic mass is 16.5. The van der Waals surface area contributed by atoms with E-state index in [0.29, 0.717) is 22.8 Å². The number of carbonyl (C=O) groups is 2. The summed E-state index contributed by atoms with van der Waals surface area (Å²) in [7, 11) is 4.50. The van der Waals surface area contributed by atoms with E-state index in [-0.39, 0.29) is 6.42 Å². The van der Waals surface area contributed by atoms with Crippen LogP contribution in [0.15, 0.2) is 48.7 Å². The topological polar surface area (TPSA) is 110 Å². The fraction of sp³-hybridized carbons (Fsp3) is 0.217. The van der Waals surface area contributed by atoms with Gasteiger partial charge < -0.3 is 29.6 Å². The van der Waals surface area contributed by atoms with Gasteiger partial charge in [-0.05, 0) is 35.4 Å². The molecule has 8 nitrogen and oxygen atoms in total. The Balaban J connectivity index is 1.74. The van der Waals surface area contributed by atoms with Crippen LogP contribution in [0.5, 0.6) is 17.2 Å². The van der Waals surface area contributed by atoms with Gasteiger partial charge in [-0.2, -0.15) is 0 Å². The molecule has 0 aliphatic rings. The van der Waals surface area contributed by atoms with Gasteiger partial charge in [-0.1, -0.05) is 18.2 Å². The van der Waals surface area contributed by atoms with Crippen LogP contribution in [0.4, 0.5) is 0 Å². The van der Waals surface area contributed by atoms with E-state index < -0.39 is 17.9 Å². The average molecular weight is 424 g/mol. The van der Waals surface area contributed by atoms with Crippen molar-refractivity contribution in [2.24, 2.45) is 0 Å². The second-order valence-corrected chi connectivity index (χ2v) is 6.76. The fourth-order valence-electron chi connectivity index (χ4n) is 3.31. The minimum Gasteiger partial charge on any atom is -0.493 e. The molecule has 0 spiro atoms. The molecule has 1 heterocycles. The standard InChI is InChI=1S/C23H24N2O6/c1-29-19-10-14(11-20(30-2)22(19)31-3)8-9-21(26)25-18(23(27)28)12-15-13-24-17-7-5-4-6-16(15)17/h4-11,13,18,24H,12H2,1-3H3,(H,25,26)(H,27,28)/b9-8+/t18-/m1/s1. The van der Waals surface area contributed by atoms with E-state index in [1.165, 1.54) is 27.4 Å². The SMILES string of the molecule is COc1cc(/C=C/C(=O)N[C@H](Cc2c[nH]c3ccccc23)C(=O)O)cc(OC)c1OC. The normalized spacial score (nSPS) is 12.0. The molecule has 0 aliphatic carbocycles. The van der Waals surface area contributed by atoms with Crippen LogP contribution in [-0.4, -0.2) is 49.3 Å². The molecule has 0 unspecified atom stereocenters. The number of para-hydroxylation sites is 1. The number of nitrogens with one attached hydrogen (secondary N) is 2. The lowest BCUT2D eigenvalue weighted by Gasteiger charge is -2.14. The molecule has 162 valence electrons. The van der Waals surface area contributed by atoms with Crippen molar-refractivity contribution >= 4 is 28.9 Å². The summed E-state index contributed by atoms with van der Waals surface area (Å²) in [5, 5.41) is 13.0. The number of fused-ring (bicyclic) bond motifs is 1. The monoisotopic (exact) mass is 424 g/mol. The molecule has 0 saturated carbocycles. The van der Waals surface area contributed by atoms with Crippen molar-refractivity contribution in [3.8, 4) is 17.2 Å². The zero-order valence-corrected chi connectivity index (χ0v) is 17.5. The molecule has 1 amide bonds. The summed E-state index contributed by atoms with van der Waals surface area (Å²) in [5.41, 5.74) is 2.36. The van der Waals surface area contributed by atoms with Gasteiger partial charge in [0.2, 0.25) is 11.7 Å². The summed E-state index contributed by atoms with van der Waals surface area (Å²) >= 11 is 0. The highest BCUT2D eigenvalue weighted by Gasteiger charge is 2.21. The summed E-state index contributed by atoms with van der Waals surface area (Å²) in [6, 6.07) is 9.90. The summed E-state index contributed by atoms with van der Waals surface area (Å²) < 4.78 is 15.9. The summed E-state index contributed by atoms with van der Waals surface area (Å²) in [6.45, 7) is 0. The van der Waals surface area contributed by atoms with Crippen LogP contribution >= 0.6 is 0 Å². The molecule has 0 aliphatic heterocycles. The van der Waals surface area contributed by atoms with Crippen molar-refractivity contribution in [1.29, 1.82) is 0 Å². The quantitative estimate of drug-likeness (QED) is 0.456. The summed E-state index contributed by atoms with van der Waals surface area (Å²) in [6.07, 6.45) is 4.73. The molecule has 0 radical (unpaired) electrons. The van der Waals surface area contributed by atoms with Crippen LogP contribution in [0, 0.1) is 0 Å². The van der Waals surface area contributed by atoms with Crippen LogP contribution < -0.4 is 19.5 Å². The maximum Gasteiger partial charge on any atom is 0.326 e. The smallest absolute Gasteiger partial charge is 0.326 e. The van der Waals surface area contributed by atoms with Gasteiger partial charge in [0.1, 0.15) is 6.04 Å². The first-order chi connectivity index (χ1) is 15.0. The predicted octanol–water partition coefficient (Wildman–Crippen LogP) is 3.02. The average Bonchev–Trinajstić information content (AvgIpc) is 3.19. The first-order valence-electron chi connectivity index (χ1n) is 9.53. The van der Waals surface area contributed by atoms with E-state index in [1.54, 1.807) is 24.4 Å². The van der Waals surface area contributed by atoms with Crippen LogP contribution in [0.1, 0.15) is 11.1 Å². The van der Waals surface area contributed by atoms with Crippen LogP contribution in [0.3, 0.4) is 0 Å². The number of hydrogen-bond acceptors (Lipinski definition) is 5. The number of aromatic amines is 1. The van der Waals surface area contributed by atoms with Crippen LogP contribution in [0.25, 0.3) is 17.0 Å². The number of aromatic nitrogens is 1. The zero-order chi connectivity index (χ0) is 22.4. The first kappa shape index (κ1) is 21.8. The molecule has 1 atom stereocenters. The van der Waals surface area contributed by atoms with Crippen molar-refractivity contribution < 1.29 is 28.9 Å². The van der Waals surface area contributed by atoms with E-state index in [9.17, 15) is 14.7 Å². The Kier molecular flexibility index (Phi) is 6.81. The molecule has 3 aromatic rings. The lowest BCUT2D eigenvalue weighted by molar-refractivity contribution is -0.141. The zero-order valence-electron chi connectivity index (χ0n) is 17.5. The lowest BCUT2D eigenvalue weighted by Crippen LogP contribution is -2.41. The predicted molar refractivity (Wildman–Crippen MR) is 117 cm³/mol. The van der Waals surface area contributed by atoms with Crippen LogP contribution in [-0.2, 0) is 16.0 Å². The van der Waals surface area contributed by atoms with Crippen molar-refractivity contribution in [2.45, 2.75) is 12.5 Å². The third kappa shape index (κ3) is 4.98. The second kappa shape index (κ2) is 9.71. The summed E-state index contributed by atoms with van der Waals surface area (Å²) in [4.78, 5) is 27.2. The molecule has 3 rings (SSSR count). The molecule has 0 fully saturated rings. The van der Waals surface area contributed by atoms with Gasteiger partial charge in [-0.25, -0.2) is 4.79 Å². The largest absolute Gasteiger partial charge is 0.493 e. The number of H-pyrrole nitrogens is 1. The van der Waals surface area contributed by atoms with Crippen LogP contribution in [0.2, 0.25) is 0 Å². The second-order valence-electron chi connectivity index (χ2n) is 6.76. The third-order valence-electron chi connectivity index (χ3n) is 4.83. The Morgan fingerprint density at radius 2 is 1.77 bits per heavy atom. The van der Waals surface area contributed by atoms with Gasteiger partial charge in [0.05, 0.1) is 21.3 Å². The van der Waals surface area contributed by atoms with E-state index in [1.807, 2.05) is 24.3 Å². The van der Waals surface area contributed by atoms with E-state index >= 15 is 0 Å². The highest BCUT2D eigenvalue weighted by molar-refractivity contribution is 5.95. The molecule has 1 aromatic heterocycles. The van der Waals surface area contributed by atoms with Gasteiger partial charge in [0.15, 0.2) is 11.5 Å². The van der Waals surface area contributed by atoms with Crippen molar-refractivity contribution in [1.82, 2.24) is 10.3 Å². The molecule has 31 heavy (non-hydrogen) atoms. The Morgan fingerprint density at radius 3 is 2.39 bits per heavy atom. The van der Waals surface area contributed by atoms with Gasteiger partial charge in [0.25, 0.3) is 0 Å². The van der Waals surface area contributed by atoms with Gasteiger partial charge in [0, 0.05) is 29.6 Å². The highest BCUT2D eigenvalue weighted by Crippen LogP contribution is 2.38. The Bertz CT molecular complexity index is 1090. The van der Waals surface area contributed by atoms with E-state index in [0.717, 1.165) is 16.5 Å². The van der Waals surface area contributed by atoms with Crippen molar-refractivity contribution in [2.75, 3.05) is 21.3 Å². The molecule has 3 N–H and O–H groups in total. The number of benzene rings is 2. The third-order valence-corrected chi connectivity index (χ3v) is 4.83. The van der Waals surface area contributed by atoms with Gasteiger partial charge in [-0.3, -0.25) is 4.79 Å². The lowest BCUT2D eigenvalue weighted by atomic mass is 10.0. The maximum absolute atomic E-state index is 12.4.